The van der Waals surface area contributed by atoms with E-state index in [1.165, 1.54) is 0 Å². The molecular formula is C14H21N5. The second-order valence-corrected chi connectivity index (χ2v) is 5.69. The van der Waals surface area contributed by atoms with E-state index >= 15 is 0 Å². The van der Waals surface area contributed by atoms with Crippen molar-refractivity contribution in [2.75, 3.05) is 5.73 Å². The van der Waals surface area contributed by atoms with Gasteiger partial charge in [0.15, 0.2) is 0 Å². The Bertz CT molecular complexity index is 565. The lowest BCUT2D eigenvalue weighted by Crippen LogP contribution is -2.18. The van der Waals surface area contributed by atoms with Crippen molar-refractivity contribution in [2.45, 2.75) is 46.0 Å². The number of anilines is 1. The van der Waals surface area contributed by atoms with E-state index in [1.807, 2.05) is 10.8 Å². The van der Waals surface area contributed by atoms with Crippen molar-refractivity contribution in [3.05, 3.63) is 30.1 Å². The Hall–Kier alpha value is -1.91. The maximum Gasteiger partial charge on any atom is 0.143 e. The molecule has 19 heavy (non-hydrogen) atoms. The van der Waals surface area contributed by atoms with Gasteiger partial charge in [-0.3, -0.25) is 4.57 Å². The third-order valence-electron chi connectivity index (χ3n) is 2.84. The van der Waals surface area contributed by atoms with Gasteiger partial charge in [-0.1, -0.05) is 27.7 Å². The highest BCUT2D eigenvalue weighted by Crippen LogP contribution is 2.21. The van der Waals surface area contributed by atoms with Gasteiger partial charge in [-0.15, -0.1) is 0 Å². The van der Waals surface area contributed by atoms with E-state index in [2.05, 4.69) is 42.6 Å². The van der Waals surface area contributed by atoms with Crippen LogP contribution in [-0.4, -0.2) is 19.5 Å². The monoisotopic (exact) mass is 259 g/mol. The van der Waals surface area contributed by atoms with Crippen molar-refractivity contribution in [3.63, 3.8) is 0 Å². The van der Waals surface area contributed by atoms with Crippen LogP contribution in [0.3, 0.4) is 0 Å². The smallest absolute Gasteiger partial charge is 0.143 e. The van der Waals surface area contributed by atoms with Gasteiger partial charge in [0, 0.05) is 30.3 Å². The Morgan fingerprint density at radius 3 is 2.63 bits per heavy atom. The van der Waals surface area contributed by atoms with E-state index in [0.29, 0.717) is 5.82 Å². The summed E-state index contributed by atoms with van der Waals surface area (Å²) >= 11 is 0. The zero-order valence-electron chi connectivity index (χ0n) is 12.0. The highest BCUT2D eigenvalue weighted by molar-refractivity contribution is 5.39. The molecule has 0 spiro atoms. The molecule has 2 rings (SSSR count). The molecule has 0 aliphatic rings. The fourth-order valence-corrected chi connectivity index (χ4v) is 1.86. The molecule has 0 bridgehead atoms. The van der Waals surface area contributed by atoms with Crippen molar-refractivity contribution in [1.82, 2.24) is 19.5 Å². The van der Waals surface area contributed by atoms with Crippen molar-refractivity contribution in [2.24, 2.45) is 0 Å². The fourth-order valence-electron chi connectivity index (χ4n) is 1.86. The summed E-state index contributed by atoms with van der Waals surface area (Å²) in [6.45, 7) is 8.36. The Balaban J connectivity index is 2.50. The van der Waals surface area contributed by atoms with Crippen LogP contribution in [0.25, 0.3) is 5.82 Å². The molecule has 0 amide bonds. The maximum absolute atomic E-state index is 5.90. The molecule has 2 heterocycles. The van der Waals surface area contributed by atoms with Gasteiger partial charge in [0.2, 0.25) is 0 Å². The van der Waals surface area contributed by atoms with Crippen molar-refractivity contribution in [3.8, 4) is 5.82 Å². The first-order valence-electron chi connectivity index (χ1n) is 6.59. The highest BCUT2D eigenvalue weighted by atomic mass is 15.1. The molecule has 5 heteroatoms. The number of hydrogen-bond acceptors (Lipinski definition) is 4. The quantitative estimate of drug-likeness (QED) is 0.919. The average molecular weight is 259 g/mol. The molecule has 0 aromatic carbocycles. The molecule has 2 aromatic rings. The predicted molar refractivity (Wildman–Crippen MR) is 76.3 cm³/mol. The summed E-state index contributed by atoms with van der Waals surface area (Å²) in [5, 5.41) is 0. The standard InChI is InChI=1S/C14H21N5/c1-5-6-11-16-7-8-19(11)12-9-10(15)17-13(18-12)14(2,3)4/h7-9H,5-6H2,1-4H3,(H2,15,17,18). The molecule has 2 N–H and O–H groups in total. The lowest BCUT2D eigenvalue weighted by molar-refractivity contribution is 0.544. The number of rotatable bonds is 3. The van der Waals surface area contributed by atoms with Crippen LogP contribution in [-0.2, 0) is 11.8 Å². The van der Waals surface area contributed by atoms with E-state index in [1.54, 1.807) is 12.3 Å². The number of imidazole rings is 1. The van der Waals surface area contributed by atoms with Crippen LogP contribution in [0, 0.1) is 0 Å². The Morgan fingerprint density at radius 1 is 1.26 bits per heavy atom. The van der Waals surface area contributed by atoms with Crippen molar-refractivity contribution >= 4 is 5.82 Å². The largest absolute Gasteiger partial charge is 0.384 e. The van der Waals surface area contributed by atoms with Crippen molar-refractivity contribution in [1.29, 1.82) is 0 Å². The Labute approximate surface area is 113 Å². The van der Waals surface area contributed by atoms with Gasteiger partial charge in [-0.2, -0.15) is 0 Å². The molecule has 102 valence electrons. The number of nitrogen functional groups attached to an aromatic ring is 1. The Morgan fingerprint density at radius 2 is 2.00 bits per heavy atom. The SMILES string of the molecule is CCCc1nccn1-c1cc(N)nc(C(C)(C)C)n1. The van der Waals surface area contributed by atoms with Gasteiger partial charge in [-0.25, -0.2) is 15.0 Å². The molecule has 0 fully saturated rings. The summed E-state index contributed by atoms with van der Waals surface area (Å²) in [4.78, 5) is 13.3. The molecule has 2 aromatic heterocycles. The van der Waals surface area contributed by atoms with Crippen LogP contribution in [0.1, 0.15) is 45.8 Å². The first-order valence-corrected chi connectivity index (χ1v) is 6.59. The van der Waals surface area contributed by atoms with Gasteiger partial charge in [0.25, 0.3) is 0 Å². The number of nitrogens with zero attached hydrogens (tertiary/aromatic N) is 4. The number of aryl methyl sites for hydroxylation is 1. The van der Waals surface area contributed by atoms with Crippen LogP contribution < -0.4 is 5.73 Å². The average Bonchev–Trinajstić information content (AvgIpc) is 2.76. The molecule has 5 nitrogen and oxygen atoms in total. The summed E-state index contributed by atoms with van der Waals surface area (Å²) in [6.07, 6.45) is 5.67. The number of aromatic nitrogens is 4. The molecule has 0 atom stereocenters. The minimum atomic E-state index is -0.129. The van der Waals surface area contributed by atoms with Gasteiger partial charge in [0.1, 0.15) is 23.3 Å². The Kier molecular flexibility index (Phi) is 3.55. The van der Waals surface area contributed by atoms with Crippen LogP contribution in [0.2, 0.25) is 0 Å². The van der Waals surface area contributed by atoms with E-state index in [0.717, 1.165) is 30.3 Å². The number of nitrogens with two attached hydrogens (primary N) is 1. The van der Waals surface area contributed by atoms with Crippen LogP contribution >= 0.6 is 0 Å². The van der Waals surface area contributed by atoms with Gasteiger partial charge in [0.05, 0.1) is 0 Å². The van der Waals surface area contributed by atoms with E-state index in [9.17, 15) is 0 Å². The van der Waals surface area contributed by atoms with Crippen LogP contribution in [0.4, 0.5) is 5.82 Å². The first kappa shape index (κ1) is 13.5. The summed E-state index contributed by atoms with van der Waals surface area (Å²) in [7, 11) is 0. The summed E-state index contributed by atoms with van der Waals surface area (Å²) in [5.74, 6) is 3.03. The van der Waals surface area contributed by atoms with Gasteiger partial charge in [-0.05, 0) is 6.42 Å². The first-order chi connectivity index (χ1) is 8.91. The molecule has 0 unspecified atom stereocenters. The van der Waals surface area contributed by atoms with E-state index in [-0.39, 0.29) is 5.41 Å². The topological polar surface area (TPSA) is 69.6 Å². The maximum atomic E-state index is 5.90. The molecule has 0 saturated carbocycles. The van der Waals surface area contributed by atoms with Gasteiger partial charge >= 0.3 is 0 Å². The zero-order chi connectivity index (χ0) is 14.0. The fraction of sp³-hybridized carbons (Fsp3) is 0.500. The molecule has 0 aliphatic carbocycles. The normalized spacial score (nSPS) is 11.8. The lowest BCUT2D eigenvalue weighted by atomic mass is 9.96. The van der Waals surface area contributed by atoms with E-state index in [4.69, 9.17) is 5.73 Å². The third-order valence-corrected chi connectivity index (χ3v) is 2.84. The molecule has 0 radical (unpaired) electrons. The minimum Gasteiger partial charge on any atom is -0.384 e. The summed E-state index contributed by atoms with van der Waals surface area (Å²) in [6, 6.07) is 1.79. The highest BCUT2D eigenvalue weighted by Gasteiger charge is 2.19. The molecular weight excluding hydrogens is 238 g/mol. The number of hydrogen-bond donors (Lipinski definition) is 1. The second-order valence-electron chi connectivity index (χ2n) is 5.69. The van der Waals surface area contributed by atoms with Crippen LogP contribution in [0.15, 0.2) is 18.5 Å². The third kappa shape index (κ3) is 2.92. The summed E-state index contributed by atoms with van der Waals surface area (Å²) < 4.78 is 1.98. The molecule has 0 saturated heterocycles. The van der Waals surface area contributed by atoms with Crippen LogP contribution in [0.5, 0.6) is 0 Å². The predicted octanol–water partition coefficient (Wildman–Crippen LogP) is 2.49. The minimum absolute atomic E-state index is 0.129. The zero-order valence-corrected chi connectivity index (χ0v) is 12.0. The van der Waals surface area contributed by atoms with E-state index < -0.39 is 0 Å². The van der Waals surface area contributed by atoms with Crippen molar-refractivity contribution < 1.29 is 0 Å². The summed E-state index contributed by atoms with van der Waals surface area (Å²) in [5.41, 5.74) is 5.77. The van der Waals surface area contributed by atoms with Gasteiger partial charge < -0.3 is 5.73 Å². The molecule has 0 aliphatic heterocycles. The second kappa shape index (κ2) is 4.99. The lowest BCUT2D eigenvalue weighted by Gasteiger charge is -2.18.